The molecule has 0 radical (unpaired) electrons. The fourth-order valence-corrected chi connectivity index (χ4v) is 3.03. The molecule has 0 saturated heterocycles. The molecule has 0 aromatic carbocycles. The predicted molar refractivity (Wildman–Crippen MR) is 79.6 cm³/mol. The van der Waals surface area contributed by atoms with Gasteiger partial charge in [0.05, 0.1) is 13.1 Å². The van der Waals surface area contributed by atoms with Crippen molar-refractivity contribution in [2.45, 2.75) is 33.6 Å². The number of amides is 1. The van der Waals surface area contributed by atoms with E-state index in [-0.39, 0.29) is 5.91 Å². The number of aryl methyl sites for hydroxylation is 1. The number of anilines is 1. The summed E-state index contributed by atoms with van der Waals surface area (Å²) in [5.41, 5.74) is 2.70. The zero-order valence-electron chi connectivity index (χ0n) is 11.8. The highest BCUT2D eigenvalue weighted by molar-refractivity contribution is 6.33. The maximum absolute atomic E-state index is 12.0. The van der Waals surface area contributed by atoms with Crippen LogP contribution in [0.2, 0.25) is 5.15 Å². The smallest absolute Gasteiger partial charge is 0.280 e. The summed E-state index contributed by atoms with van der Waals surface area (Å²) in [5, 5.41) is 3.27. The Labute approximate surface area is 119 Å². The van der Waals surface area contributed by atoms with E-state index in [4.69, 9.17) is 11.6 Å². The van der Waals surface area contributed by atoms with Crippen LogP contribution in [0.4, 0.5) is 11.4 Å². The molecule has 1 aromatic rings. The van der Waals surface area contributed by atoms with Gasteiger partial charge in [0.1, 0.15) is 5.69 Å². The number of aromatic nitrogens is 1. The van der Waals surface area contributed by atoms with Crippen molar-refractivity contribution in [3.8, 4) is 0 Å². The van der Waals surface area contributed by atoms with Crippen LogP contribution in [0.15, 0.2) is 6.07 Å². The van der Waals surface area contributed by atoms with Crippen molar-refractivity contribution < 1.29 is 4.79 Å². The van der Waals surface area contributed by atoms with E-state index in [0.29, 0.717) is 21.9 Å². The molecule has 2 heterocycles. The number of halogens is 1. The number of carbonyl (C=O) groups is 1. The minimum atomic E-state index is 0.0259. The molecule has 0 aliphatic carbocycles. The number of fused-ring (bicyclic) bond motifs is 1. The van der Waals surface area contributed by atoms with E-state index in [1.54, 1.807) is 0 Å². The summed E-state index contributed by atoms with van der Waals surface area (Å²) < 4.78 is 0.679. The fourth-order valence-electron chi connectivity index (χ4n) is 2.75. The van der Waals surface area contributed by atoms with Crippen LogP contribution in [0.5, 0.6) is 0 Å². The maximum Gasteiger partial charge on any atom is 0.280 e. The molecule has 1 aliphatic rings. The molecule has 0 bridgehead atoms. The van der Waals surface area contributed by atoms with Crippen LogP contribution in [0.1, 0.15) is 32.4 Å². The van der Waals surface area contributed by atoms with Gasteiger partial charge in [-0.25, -0.2) is 4.98 Å². The summed E-state index contributed by atoms with van der Waals surface area (Å²) in [7, 11) is 0. The van der Waals surface area contributed by atoms with Gasteiger partial charge in [-0.2, -0.15) is 0 Å². The summed E-state index contributed by atoms with van der Waals surface area (Å²) in [5.74, 6) is 0.0259. The van der Waals surface area contributed by atoms with Gasteiger partial charge in [0.15, 0.2) is 17.4 Å². The molecule has 0 spiro atoms. The molecule has 2 rings (SSSR count). The second-order valence-electron chi connectivity index (χ2n) is 5.19. The third-order valence-corrected chi connectivity index (χ3v) is 4.12. The maximum atomic E-state index is 12.0. The number of nitrogens with zero attached hydrogens (tertiary/aromatic N) is 2. The Morgan fingerprint density at radius 1 is 1.47 bits per heavy atom. The minimum absolute atomic E-state index is 0.0259. The molecule has 1 N–H and O–H groups in total. The number of hydrogen-bond donors (Lipinski definition) is 1. The van der Waals surface area contributed by atoms with Gasteiger partial charge in [0, 0.05) is 11.8 Å². The van der Waals surface area contributed by atoms with E-state index in [1.165, 1.54) is 0 Å². The molecular formula is C14H21ClN3O+. The average Bonchev–Trinajstić information content (AvgIpc) is 2.37. The van der Waals surface area contributed by atoms with Crippen LogP contribution < -0.4 is 9.80 Å². The molecule has 4 nitrogen and oxygen atoms in total. The average molecular weight is 283 g/mol. The lowest BCUT2D eigenvalue weighted by Crippen LogP contribution is -2.57. The normalized spacial score (nSPS) is 22.0. The largest absolute Gasteiger partial charge is 0.314 e. The fraction of sp³-hybridized carbons (Fsp3) is 0.571. The Bertz CT molecular complexity index is 504. The van der Waals surface area contributed by atoms with Crippen molar-refractivity contribution in [3.05, 3.63) is 16.9 Å². The topological polar surface area (TPSA) is 42.0 Å². The number of pyridine rings is 1. The van der Waals surface area contributed by atoms with Crippen LogP contribution in [-0.2, 0) is 4.79 Å². The van der Waals surface area contributed by atoms with Crippen molar-refractivity contribution in [2.75, 3.05) is 25.0 Å². The first-order chi connectivity index (χ1) is 9.02. The molecule has 1 aromatic heterocycles. The van der Waals surface area contributed by atoms with E-state index in [2.05, 4.69) is 30.2 Å². The Morgan fingerprint density at radius 2 is 2.21 bits per heavy atom. The molecule has 104 valence electrons. The molecule has 0 fully saturated rings. The zero-order chi connectivity index (χ0) is 14.0. The molecule has 0 saturated carbocycles. The third kappa shape index (κ3) is 2.60. The summed E-state index contributed by atoms with van der Waals surface area (Å²) in [6.45, 7) is 8.58. The van der Waals surface area contributed by atoms with Crippen LogP contribution in [0, 0.1) is 6.92 Å². The van der Waals surface area contributed by atoms with Crippen molar-refractivity contribution in [1.82, 2.24) is 9.47 Å². The Hall–Kier alpha value is -1.13. The van der Waals surface area contributed by atoms with Gasteiger partial charge >= 0.3 is 0 Å². The van der Waals surface area contributed by atoms with Crippen molar-refractivity contribution in [3.63, 3.8) is 0 Å². The van der Waals surface area contributed by atoms with Crippen LogP contribution >= 0.6 is 11.6 Å². The van der Waals surface area contributed by atoms with Crippen LogP contribution in [0.3, 0.4) is 0 Å². The lowest BCUT2D eigenvalue weighted by molar-refractivity contribution is -0.117. The standard InChI is InChI=1S/C14H20ClN3O/c1-4-6-7-18(5-2)9-12(19)17-13-11(18)8-10(3)16-14(13)15/h8H,4-7,9H2,1-3H3/p+1. The van der Waals surface area contributed by atoms with Gasteiger partial charge in [0.2, 0.25) is 0 Å². The van der Waals surface area contributed by atoms with E-state index >= 15 is 0 Å². The highest BCUT2D eigenvalue weighted by Gasteiger charge is 2.39. The summed E-state index contributed by atoms with van der Waals surface area (Å²) in [4.78, 5) is 16.2. The van der Waals surface area contributed by atoms with Gasteiger partial charge in [0.25, 0.3) is 5.91 Å². The number of hydrogen-bond acceptors (Lipinski definition) is 2. The van der Waals surface area contributed by atoms with Crippen molar-refractivity contribution >= 4 is 28.9 Å². The molecule has 1 unspecified atom stereocenters. The molecule has 1 amide bonds. The van der Waals surface area contributed by atoms with E-state index in [0.717, 1.165) is 37.3 Å². The second kappa shape index (κ2) is 5.47. The number of unbranched alkanes of at least 4 members (excludes halogenated alkanes) is 1. The molecular weight excluding hydrogens is 262 g/mol. The van der Waals surface area contributed by atoms with Crippen molar-refractivity contribution in [2.24, 2.45) is 0 Å². The lowest BCUT2D eigenvalue weighted by atomic mass is 10.1. The van der Waals surface area contributed by atoms with Crippen molar-refractivity contribution in [1.29, 1.82) is 0 Å². The predicted octanol–water partition coefficient (Wildman–Crippen LogP) is 3.12. The quantitative estimate of drug-likeness (QED) is 0.681. The first-order valence-corrected chi connectivity index (χ1v) is 7.24. The first kappa shape index (κ1) is 14.3. The highest BCUT2D eigenvalue weighted by Crippen LogP contribution is 2.39. The van der Waals surface area contributed by atoms with Crippen LogP contribution in [0.25, 0.3) is 0 Å². The number of likely N-dealkylation sites (N-methyl/N-ethyl adjacent to an activating group) is 1. The van der Waals surface area contributed by atoms with E-state index < -0.39 is 0 Å². The minimum Gasteiger partial charge on any atom is -0.314 e. The SMILES string of the molecule is CCCC[N+]1(CC)CC(=O)Nc2c1cc(C)nc2Cl. The van der Waals surface area contributed by atoms with Gasteiger partial charge < -0.3 is 5.32 Å². The molecule has 1 atom stereocenters. The monoisotopic (exact) mass is 282 g/mol. The third-order valence-electron chi connectivity index (χ3n) is 3.85. The van der Waals surface area contributed by atoms with Gasteiger partial charge in [-0.1, -0.05) is 24.9 Å². The van der Waals surface area contributed by atoms with Gasteiger partial charge in [-0.3, -0.25) is 9.28 Å². The second-order valence-corrected chi connectivity index (χ2v) is 5.55. The van der Waals surface area contributed by atoms with Crippen LogP contribution in [-0.4, -0.2) is 30.5 Å². The Morgan fingerprint density at radius 3 is 2.84 bits per heavy atom. The Balaban J connectivity index is 2.55. The number of carbonyl (C=O) groups excluding carboxylic acids is 1. The molecule has 5 heteroatoms. The zero-order valence-corrected chi connectivity index (χ0v) is 12.5. The summed E-state index contributed by atoms with van der Waals surface area (Å²) in [6, 6.07) is 2.06. The lowest BCUT2D eigenvalue weighted by Gasteiger charge is -2.40. The van der Waals surface area contributed by atoms with Gasteiger partial charge in [-0.05, 0) is 20.3 Å². The number of nitrogens with one attached hydrogen (secondary N) is 1. The Kier molecular flexibility index (Phi) is 4.11. The summed E-state index contributed by atoms with van der Waals surface area (Å²) in [6.07, 6.45) is 2.22. The number of quaternary nitrogens is 1. The number of rotatable bonds is 4. The summed E-state index contributed by atoms with van der Waals surface area (Å²) >= 11 is 6.20. The molecule has 1 aliphatic heterocycles. The van der Waals surface area contributed by atoms with E-state index in [9.17, 15) is 4.79 Å². The first-order valence-electron chi connectivity index (χ1n) is 6.86. The highest BCUT2D eigenvalue weighted by atomic mass is 35.5. The van der Waals surface area contributed by atoms with Gasteiger partial charge in [-0.15, -0.1) is 0 Å². The molecule has 19 heavy (non-hydrogen) atoms. The van der Waals surface area contributed by atoms with E-state index in [1.807, 2.05) is 6.92 Å².